The summed E-state index contributed by atoms with van der Waals surface area (Å²) in [7, 11) is 0. The molecule has 0 aliphatic carbocycles. The van der Waals surface area contributed by atoms with Crippen LogP contribution in [0.5, 0.6) is 0 Å². The highest BCUT2D eigenvalue weighted by Crippen LogP contribution is 2.10. The number of rotatable bonds is 4. The van der Waals surface area contributed by atoms with Crippen molar-refractivity contribution in [3.05, 3.63) is 72.2 Å². The van der Waals surface area contributed by atoms with Crippen LogP contribution in [0.15, 0.2) is 60.8 Å². The van der Waals surface area contributed by atoms with E-state index in [9.17, 15) is 0 Å². The fourth-order valence-electron chi connectivity index (χ4n) is 1.91. The molecule has 0 aliphatic heterocycles. The standard InChI is InChI=1S/C16H15N5/c1-13-7-9-14(10-8-13)17-12-11-16-18-19-20-21(16)15-5-3-2-4-6-15/h2-12,17H,1H3/b12-11+. The number of aryl methyl sites for hydroxylation is 1. The Balaban J connectivity index is 1.75. The Morgan fingerprint density at radius 2 is 1.76 bits per heavy atom. The second-order valence-electron chi connectivity index (χ2n) is 4.63. The third-order valence-corrected chi connectivity index (χ3v) is 3.03. The third-order valence-electron chi connectivity index (χ3n) is 3.03. The summed E-state index contributed by atoms with van der Waals surface area (Å²) in [6.07, 6.45) is 3.67. The van der Waals surface area contributed by atoms with Crippen molar-refractivity contribution in [2.45, 2.75) is 6.92 Å². The molecule has 104 valence electrons. The van der Waals surface area contributed by atoms with Gasteiger partial charge in [0.2, 0.25) is 0 Å². The molecular weight excluding hydrogens is 262 g/mol. The molecule has 5 nitrogen and oxygen atoms in total. The minimum atomic E-state index is 0.667. The number of anilines is 1. The number of para-hydroxylation sites is 1. The number of tetrazole rings is 1. The Bertz CT molecular complexity index is 729. The topological polar surface area (TPSA) is 55.6 Å². The summed E-state index contributed by atoms with van der Waals surface area (Å²) in [6.45, 7) is 2.06. The van der Waals surface area contributed by atoms with Crippen molar-refractivity contribution in [3.8, 4) is 5.69 Å². The molecule has 0 radical (unpaired) electrons. The van der Waals surface area contributed by atoms with Gasteiger partial charge in [0.15, 0.2) is 5.82 Å². The quantitative estimate of drug-likeness (QED) is 0.796. The zero-order chi connectivity index (χ0) is 14.5. The number of aromatic nitrogens is 4. The van der Waals surface area contributed by atoms with E-state index in [0.717, 1.165) is 11.4 Å². The van der Waals surface area contributed by atoms with Crippen molar-refractivity contribution >= 4 is 11.8 Å². The van der Waals surface area contributed by atoms with Gasteiger partial charge in [-0.05, 0) is 41.6 Å². The number of nitrogens with one attached hydrogen (secondary N) is 1. The summed E-state index contributed by atoms with van der Waals surface area (Å²) >= 11 is 0. The van der Waals surface area contributed by atoms with Crippen LogP contribution in [-0.2, 0) is 0 Å². The summed E-state index contributed by atoms with van der Waals surface area (Å²) in [6, 6.07) is 18.0. The molecule has 1 heterocycles. The lowest BCUT2D eigenvalue weighted by Crippen LogP contribution is -1.99. The average Bonchev–Trinajstić information content (AvgIpc) is 2.99. The Morgan fingerprint density at radius 3 is 2.52 bits per heavy atom. The van der Waals surface area contributed by atoms with Crippen LogP contribution < -0.4 is 5.32 Å². The van der Waals surface area contributed by atoms with Crippen molar-refractivity contribution in [2.24, 2.45) is 0 Å². The van der Waals surface area contributed by atoms with Gasteiger partial charge in [-0.3, -0.25) is 0 Å². The van der Waals surface area contributed by atoms with Crippen molar-refractivity contribution < 1.29 is 0 Å². The van der Waals surface area contributed by atoms with Gasteiger partial charge < -0.3 is 5.32 Å². The van der Waals surface area contributed by atoms with Crippen molar-refractivity contribution in [1.82, 2.24) is 20.2 Å². The largest absolute Gasteiger partial charge is 0.362 e. The van der Waals surface area contributed by atoms with Gasteiger partial charge >= 0.3 is 0 Å². The molecule has 0 fully saturated rings. The molecule has 21 heavy (non-hydrogen) atoms. The van der Waals surface area contributed by atoms with E-state index in [0.29, 0.717) is 5.82 Å². The van der Waals surface area contributed by atoms with Crippen LogP contribution in [0.2, 0.25) is 0 Å². The second-order valence-corrected chi connectivity index (χ2v) is 4.63. The first kappa shape index (κ1) is 13.1. The van der Waals surface area contributed by atoms with Gasteiger partial charge in [-0.1, -0.05) is 35.9 Å². The predicted octanol–water partition coefficient (Wildman–Crippen LogP) is 3.05. The lowest BCUT2D eigenvalue weighted by atomic mass is 10.2. The minimum absolute atomic E-state index is 0.667. The van der Waals surface area contributed by atoms with E-state index in [4.69, 9.17) is 0 Å². The molecule has 1 aromatic heterocycles. The smallest absolute Gasteiger partial charge is 0.181 e. The SMILES string of the molecule is Cc1ccc(N/C=C/c2nnnn2-c2ccccc2)cc1. The first-order valence-electron chi connectivity index (χ1n) is 6.66. The summed E-state index contributed by atoms with van der Waals surface area (Å²) in [5, 5.41) is 14.9. The molecule has 0 spiro atoms. The normalized spacial score (nSPS) is 10.9. The Kier molecular flexibility index (Phi) is 3.73. The van der Waals surface area contributed by atoms with Crippen LogP contribution >= 0.6 is 0 Å². The predicted molar refractivity (Wildman–Crippen MR) is 83.0 cm³/mol. The van der Waals surface area contributed by atoms with E-state index in [-0.39, 0.29) is 0 Å². The fraction of sp³-hybridized carbons (Fsp3) is 0.0625. The van der Waals surface area contributed by atoms with Crippen molar-refractivity contribution in [2.75, 3.05) is 5.32 Å². The van der Waals surface area contributed by atoms with Crippen LogP contribution in [0.4, 0.5) is 5.69 Å². The Labute approximate surface area is 122 Å². The molecular formula is C16H15N5. The van der Waals surface area contributed by atoms with E-state index < -0.39 is 0 Å². The van der Waals surface area contributed by atoms with Gasteiger partial charge in [-0.15, -0.1) is 5.10 Å². The zero-order valence-corrected chi connectivity index (χ0v) is 11.6. The van der Waals surface area contributed by atoms with E-state index in [1.54, 1.807) is 4.68 Å². The van der Waals surface area contributed by atoms with Crippen LogP contribution in [0.3, 0.4) is 0 Å². The summed E-state index contributed by atoms with van der Waals surface area (Å²) in [5.74, 6) is 0.667. The highest BCUT2D eigenvalue weighted by molar-refractivity contribution is 5.52. The van der Waals surface area contributed by atoms with E-state index in [1.807, 2.05) is 54.7 Å². The van der Waals surface area contributed by atoms with Crippen molar-refractivity contribution in [1.29, 1.82) is 0 Å². The number of hydrogen-bond acceptors (Lipinski definition) is 4. The molecule has 0 aliphatic rings. The lowest BCUT2D eigenvalue weighted by Gasteiger charge is -2.02. The van der Waals surface area contributed by atoms with E-state index in [2.05, 4.69) is 39.9 Å². The maximum atomic E-state index is 4.01. The lowest BCUT2D eigenvalue weighted by molar-refractivity contribution is 0.787. The van der Waals surface area contributed by atoms with Gasteiger partial charge in [0.25, 0.3) is 0 Å². The molecule has 0 unspecified atom stereocenters. The highest BCUT2D eigenvalue weighted by Gasteiger charge is 2.03. The fourth-order valence-corrected chi connectivity index (χ4v) is 1.91. The average molecular weight is 277 g/mol. The maximum absolute atomic E-state index is 4.01. The summed E-state index contributed by atoms with van der Waals surface area (Å²) < 4.78 is 1.69. The van der Waals surface area contributed by atoms with Gasteiger partial charge in [-0.2, -0.15) is 4.68 Å². The molecule has 5 heteroatoms. The Morgan fingerprint density at radius 1 is 1.00 bits per heavy atom. The molecule has 0 saturated heterocycles. The van der Waals surface area contributed by atoms with Crippen LogP contribution in [0, 0.1) is 6.92 Å². The van der Waals surface area contributed by atoms with Crippen LogP contribution in [0.1, 0.15) is 11.4 Å². The number of hydrogen-bond donors (Lipinski definition) is 1. The van der Waals surface area contributed by atoms with Gasteiger partial charge in [0.1, 0.15) is 0 Å². The molecule has 3 rings (SSSR count). The van der Waals surface area contributed by atoms with E-state index in [1.165, 1.54) is 5.56 Å². The maximum Gasteiger partial charge on any atom is 0.181 e. The highest BCUT2D eigenvalue weighted by atomic mass is 15.5. The first-order valence-corrected chi connectivity index (χ1v) is 6.66. The molecule has 0 atom stereocenters. The third kappa shape index (κ3) is 3.14. The number of nitrogens with zero attached hydrogens (tertiary/aromatic N) is 4. The van der Waals surface area contributed by atoms with Crippen LogP contribution in [0.25, 0.3) is 11.8 Å². The molecule has 2 aromatic carbocycles. The Hall–Kier alpha value is -2.95. The zero-order valence-electron chi connectivity index (χ0n) is 11.6. The molecule has 1 N–H and O–H groups in total. The second kappa shape index (κ2) is 6.00. The molecule has 0 bridgehead atoms. The molecule has 0 amide bonds. The van der Waals surface area contributed by atoms with E-state index >= 15 is 0 Å². The van der Waals surface area contributed by atoms with Gasteiger partial charge in [-0.25, -0.2) is 0 Å². The first-order chi connectivity index (χ1) is 10.3. The summed E-state index contributed by atoms with van der Waals surface area (Å²) in [5.41, 5.74) is 3.19. The minimum Gasteiger partial charge on any atom is -0.362 e. The summed E-state index contributed by atoms with van der Waals surface area (Å²) in [4.78, 5) is 0. The van der Waals surface area contributed by atoms with Gasteiger partial charge in [0, 0.05) is 18.0 Å². The van der Waals surface area contributed by atoms with Crippen LogP contribution in [-0.4, -0.2) is 20.2 Å². The monoisotopic (exact) mass is 277 g/mol. The van der Waals surface area contributed by atoms with Crippen molar-refractivity contribution in [3.63, 3.8) is 0 Å². The molecule has 0 saturated carbocycles. The molecule has 3 aromatic rings. The number of benzene rings is 2. The van der Waals surface area contributed by atoms with Gasteiger partial charge in [0.05, 0.1) is 5.69 Å².